The van der Waals surface area contributed by atoms with Gasteiger partial charge in [0, 0.05) is 6.54 Å². The average molecular weight is 255 g/mol. The Labute approximate surface area is 113 Å². The van der Waals surface area contributed by atoms with Gasteiger partial charge in [0.25, 0.3) is 0 Å². The number of benzene rings is 2. The van der Waals surface area contributed by atoms with Crippen LogP contribution in [0.5, 0.6) is 11.5 Å². The number of hydrogen-bond acceptors (Lipinski definition) is 3. The fraction of sp³-hybridized carbons (Fsp3) is 0.125. The van der Waals surface area contributed by atoms with E-state index in [0.717, 1.165) is 11.1 Å². The normalized spacial score (nSPS) is 10.8. The second-order valence-electron chi connectivity index (χ2n) is 4.14. The molecular formula is C16H17NO2. The van der Waals surface area contributed by atoms with Crippen molar-refractivity contribution < 1.29 is 9.84 Å². The molecular weight excluding hydrogens is 238 g/mol. The molecule has 3 N–H and O–H groups in total. The minimum Gasteiger partial charge on any atom is -0.504 e. The topological polar surface area (TPSA) is 55.5 Å². The summed E-state index contributed by atoms with van der Waals surface area (Å²) in [5.74, 6) is 0.615. The minimum absolute atomic E-state index is 0.140. The summed E-state index contributed by atoms with van der Waals surface area (Å²) in [4.78, 5) is 0. The van der Waals surface area contributed by atoms with Crippen molar-refractivity contribution in [3.8, 4) is 11.5 Å². The summed E-state index contributed by atoms with van der Waals surface area (Å²) in [6, 6.07) is 15.1. The number of phenols is 1. The van der Waals surface area contributed by atoms with Crippen LogP contribution in [0.15, 0.2) is 54.6 Å². The zero-order chi connectivity index (χ0) is 13.5. The van der Waals surface area contributed by atoms with Crippen LogP contribution in [0.1, 0.15) is 11.1 Å². The maximum absolute atomic E-state index is 9.76. The lowest BCUT2D eigenvalue weighted by Crippen LogP contribution is -1.96. The fourth-order valence-corrected chi connectivity index (χ4v) is 1.69. The van der Waals surface area contributed by atoms with Crippen LogP contribution in [0.4, 0.5) is 0 Å². The zero-order valence-corrected chi connectivity index (χ0v) is 10.6. The van der Waals surface area contributed by atoms with Gasteiger partial charge in [0.2, 0.25) is 0 Å². The third-order valence-corrected chi connectivity index (χ3v) is 2.67. The molecule has 0 fully saturated rings. The number of rotatable bonds is 5. The molecule has 2 rings (SSSR count). The summed E-state index contributed by atoms with van der Waals surface area (Å²) in [5, 5.41) is 9.76. The van der Waals surface area contributed by atoms with Gasteiger partial charge in [0.05, 0.1) is 0 Å². The van der Waals surface area contributed by atoms with Crippen molar-refractivity contribution in [2.24, 2.45) is 5.73 Å². The Balaban J connectivity index is 2.09. The minimum atomic E-state index is 0.140. The molecule has 98 valence electrons. The van der Waals surface area contributed by atoms with Gasteiger partial charge in [-0.2, -0.15) is 0 Å². The standard InChI is InChI=1S/C16H17NO2/c17-10-4-7-13-8-9-15(18)16(11-13)19-12-14-5-2-1-3-6-14/h1-9,11,18H,10,12,17H2/b7-4+. The molecule has 2 aromatic rings. The highest BCUT2D eigenvalue weighted by molar-refractivity contribution is 5.55. The highest BCUT2D eigenvalue weighted by Gasteiger charge is 2.03. The SMILES string of the molecule is NC/C=C/c1ccc(O)c(OCc2ccccc2)c1. The second-order valence-corrected chi connectivity index (χ2v) is 4.14. The van der Waals surface area contributed by atoms with Crippen LogP contribution in [0.25, 0.3) is 6.08 Å². The zero-order valence-electron chi connectivity index (χ0n) is 10.6. The highest BCUT2D eigenvalue weighted by Crippen LogP contribution is 2.28. The van der Waals surface area contributed by atoms with Crippen molar-refractivity contribution in [2.75, 3.05) is 6.54 Å². The molecule has 0 aliphatic rings. The van der Waals surface area contributed by atoms with E-state index in [1.165, 1.54) is 0 Å². The smallest absolute Gasteiger partial charge is 0.162 e. The molecule has 0 spiro atoms. The van der Waals surface area contributed by atoms with E-state index in [-0.39, 0.29) is 5.75 Å². The van der Waals surface area contributed by atoms with Crippen LogP contribution in [0, 0.1) is 0 Å². The third-order valence-electron chi connectivity index (χ3n) is 2.67. The van der Waals surface area contributed by atoms with E-state index in [9.17, 15) is 5.11 Å². The molecule has 0 amide bonds. The lowest BCUT2D eigenvalue weighted by molar-refractivity contribution is 0.289. The van der Waals surface area contributed by atoms with Crippen molar-refractivity contribution in [1.29, 1.82) is 0 Å². The molecule has 0 heterocycles. The first-order valence-corrected chi connectivity index (χ1v) is 6.16. The van der Waals surface area contributed by atoms with Gasteiger partial charge in [-0.05, 0) is 23.3 Å². The third kappa shape index (κ3) is 3.86. The predicted octanol–water partition coefficient (Wildman–Crippen LogP) is 2.94. The largest absolute Gasteiger partial charge is 0.504 e. The Morgan fingerprint density at radius 1 is 1.11 bits per heavy atom. The molecule has 0 saturated carbocycles. The van der Waals surface area contributed by atoms with Crippen LogP contribution in [-0.2, 0) is 6.61 Å². The van der Waals surface area contributed by atoms with Gasteiger partial charge in [-0.3, -0.25) is 0 Å². The Morgan fingerprint density at radius 3 is 2.63 bits per heavy atom. The Bertz CT molecular complexity index is 550. The first kappa shape index (κ1) is 13.2. The van der Waals surface area contributed by atoms with Gasteiger partial charge >= 0.3 is 0 Å². The van der Waals surface area contributed by atoms with Crippen LogP contribution in [-0.4, -0.2) is 11.7 Å². The van der Waals surface area contributed by atoms with Gasteiger partial charge in [0.1, 0.15) is 6.61 Å². The number of phenolic OH excluding ortho intramolecular Hbond substituents is 1. The lowest BCUT2D eigenvalue weighted by Gasteiger charge is -2.09. The lowest BCUT2D eigenvalue weighted by atomic mass is 10.2. The fourth-order valence-electron chi connectivity index (χ4n) is 1.69. The van der Waals surface area contributed by atoms with Gasteiger partial charge in [-0.1, -0.05) is 48.6 Å². The average Bonchev–Trinajstić information content (AvgIpc) is 2.46. The van der Waals surface area contributed by atoms with E-state index < -0.39 is 0 Å². The van der Waals surface area contributed by atoms with Crippen molar-refractivity contribution in [2.45, 2.75) is 6.61 Å². The summed E-state index contributed by atoms with van der Waals surface area (Å²) < 4.78 is 5.63. The van der Waals surface area contributed by atoms with Crippen molar-refractivity contribution in [3.05, 3.63) is 65.7 Å². The molecule has 3 heteroatoms. The molecule has 2 aromatic carbocycles. The van der Waals surface area contributed by atoms with Crippen molar-refractivity contribution in [3.63, 3.8) is 0 Å². The molecule has 0 unspecified atom stereocenters. The van der Waals surface area contributed by atoms with Gasteiger partial charge in [0.15, 0.2) is 11.5 Å². The van der Waals surface area contributed by atoms with E-state index in [2.05, 4.69) is 0 Å². The number of aromatic hydroxyl groups is 1. The first-order valence-electron chi connectivity index (χ1n) is 6.16. The molecule has 0 saturated heterocycles. The van der Waals surface area contributed by atoms with E-state index in [1.807, 2.05) is 48.6 Å². The number of ether oxygens (including phenoxy) is 1. The molecule has 0 radical (unpaired) electrons. The maximum Gasteiger partial charge on any atom is 0.162 e. The van der Waals surface area contributed by atoms with Crippen LogP contribution in [0.2, 0.25) is 0 Å². The quantitative estimate of drug-likeness (QED) is 0.863. The molecule has 0 bridgehead atoms. The van der Waals surface area contributed by atoms with Crippen LogP contribution >= 0.6 is 0 Å². The van der Waals surface area contributed by atoms with Crippen molar-refractivity contribution >= 4 is 6.08 Å². The highest BCUT2D eigenvalue weighted by atomic mass is 16.5. The first-order chi connectivity index (χ1) is 9.29. The molecule has 0 aliphatic heterocycles. The molecule has 0 atom stereocenters. The van der Waals surface area contributed by atoms with E-state index in [4.69, 9.17) is 10.5 Å². The van der Waals surface area contributed by atoms with Gasteiger partial charge < -0.3 is 15.6 Å². The molecule has 19 heavy (non-hydrogen) atoms. The maximum atomic E-state index is 9.76. The summed E-state index contributed by atoms with van der Waals surface area (Å²) >= 11 is 0. The number of nitrogens with two attached hydrogens (primary N) is 1. The van der Waals surface area contributed by atoms with Crippen molar-refractivity contribution in [1.82, 2.24) is 0 Å². The number of hydrogen-bond donors (Lipinski definition) is 2. The van der Waals surface area contributed by atoms with Crippen LogP contribution < -0.4 is 10.5 Å². The summed E-state index contributed by atoms with van der Waals surface area (Å²) in [6.45, 7) is 0.916. The predicted molar refractivity (Wildman–Crippen MR) is 77.0 cm³/mol. The summed E-state index contributed by atoms with van der Waals surface area (Å²) in [5.41, 5.74) is 7.42. The Hall–Kier alpha value is -2.26. The second kappa shape index (κ2) is 6.61. The molecule has 3 nitrogen and oxygen atoms in total. The summed E-state index contributed by atoms with van der Waals surface area (Å²) in [7, 11) is 0. The van der Waals surface area contributed by atoms with E-state index in [0.29, 0.717) is 18.9 Å². The van der Waals surface area contributed by atoms with Gasteiger partial charge in [-0.25, -0.2) is 0 Å². The summed E-state index contributed by atoms with van der Waals surface area (Å²) in [6.07, 6.45) is 3.75. The van der Waals surface area contributed by atoms with Gasteiger partial charge in [-0.15, -0.1) is 0 Å². The van der Waals surface area contributed by atoms with E-state index >= 15 is 0 Å². The van der Waals surface area contributed by atoms with E-state index in [1.54, 1.807) is 12.1 Å². The Morgan fingerprint density at radius 2 is 1.89 bits per heavy atom. The molecule has 0 aromatic heterocycles. The monoisotopic (exact) mass is 255 g/mol. The molecule has 0 aliphatic carbocycles. The van der Waals surface area contributed by atoms with Crippen LogP contribution in [0.3, 0.4) is 0 Å². The Kier molecular flexibility index (Phi) is 4.59.